The first-order chi connectivity index (χ1) is 21.7. The molecule has 2 unspecified atom stereocenters. The highest BCUT2D eigenvalue weighted by atomic mass is 16.5. The molecule has 6 atom stereocenters. The van der Waals surface area contributed by atoms with Gasteiger partial charge < -0.3 is 14.7 Å². The highest BCUT2D eigenvalue weighted by Gasteiger charge is 2.57. The van der Waals surface area contributed by atoms with E-state index in [1.54, 1.807) is 0 Å². The molecule has 0 spiro atoms. The number of benzene rings is 1. The lowest BCUT2D eigenvalue weighted by Gasteiger charge is -2.57. The number of amides is 1. The maximum Gasteiger partial charge on any atom is 0.323 e. The van der Waals surface area contributed by atoms with Crippen molar-refractivity contribution in [3.05, 3.63) is 83.7 Å². The van der Waals surface area contributed by atoms with Gasteiger partial charge >= 0.3 is 11.9 Å². The number of fused-ring (bicyclic) bond motifs is 5. The minimum atomic E-state index is -1.05. The zero-order valence-electron chi connectivity index (χ0n) is 26.6. The molecule has 0 bridgehead atoms. The fourth-order valence-corrected chi connectivity index (χ4v) is 9.25. The van der Waals surface area contributed by atoms with Crippen molar-refractivity contribution >= 4 is 23.4 Å². The predicted octanol–water partition coefficient (Wildman–Crippen LogP) is 7.23. The molecular formula is C38H46N2O5. The number of hydrogen-bond acceptors (Lipinski definition) is 5. The van der Waals surface area contributed by atoms with Crippen LogP contribution >= 0.6 is 0 Å². The Labute approximate surface area is 266 Å². The molecular weight excluding hydrogens is 564 g/mol. The number of ether oxygens (including phenoxy) is 1. The Kier molecular flexibility index (Phi) is 8.98. The maximum atomic E-state index is 12.8. The van der Waals surface area contributed by atoms with E-state index in [0.29, 0.717) is 24.2 Å². The minimum absolute atomic E-state index is 0.115. The fraction of sp³-hybridized carbons (Fsp3) is 0.526. The third kappa shape index (κ3) is 6.36. The van der Waals surface area contributed by atoms with Gasteiger partial charge in [-0.1, -0.05) is 68.0 Å². The number of hydrogen-bond donors (Lipinski definition) is 1. The normalized spacial score (nSPS) is 30.2. The van der Waals surface area contributed by atoms with Crippen molar-refractivity contribution in [2.75, 3.05) is 6.54 Å². The van der Waals surface area contributed by atoms with Gasteiger partial charge in [-0.15, -0.1) is 0 Å². The Morgan fingerprint density at radius 2 is 1.76 bits per heavy atom. The zero-order chi connectivity index (χ0) is 31.6. The van der Waals surface area contributed by atoms with Gasteiger partial charge in [-0.05, 0) is 96.3 Å². The van der Waals surface area contributed by atoms with Crippen LogP contribution in [0.2, 0.25) is 0 Å². The Bertz CT molecular complexity index is 1470. The summed E-state index contributed by atoms with van der Waals surface area (Å²) in [6.07, 6.45) is 16.7. The Hall–Kier alpha value is -3.74. The van der Waals surface area contributed by atoms with Crippen molar-refractivity contribution in [3.8, 4) is 0 Å². The van der Waals surface area contributed by atoms with Crippen LogP contribution in [-0.4, -0.2) is 45.5 Å². The second kappa shape index (κ2) is 12.9. The summed E-state index contributed by atoms with van der Waals surface area (Å²) in [4.78, 5) is 42.8. The van der Waals surface area contributed by atoms with Gasteiger partial charge in [-0.3, -0.25) is 19.4 Å². The number of rotatable bonds is 10. The number of allylic oxidation sites excluding steroid dienone is 3. The van der Waals surface area contributed by atoms with Gasteiger partial charge in [0.15, 0.2) is 0 Å². The molecule has 238 valence electrons. The third-order valence-electron chi connectivity index (χ3n) is 11.6. The number of carbonyl (C=O) groups is 3. The van der Waals surface area contributed by atoms with E-state index in [9.17, 15) is 19.5 Å². The van der Waals surface area contributed by atoms with Gasteiger partial charge in [-0.2, -0.15) is 0 Å². The van der Waals surface area contributed by atoms with E-state index in [4.69, 9.17) is 4.74 Å². The van der Waals surface area contributed by atoms with Crippen LogP contribution in [0.4, 0.5) is 0 Å². The van der Waals surface area contributed by atoms with Crippen molar-refractivity contribution in [2.45, 2.75) is 90.7 Å². The number of pyridine rings is 1. The number of nitrogens with zero attached hydrogens (tertiary/aromatic N) is 2. The zero-order valence-corrected chi connectivity index (χ0v) is 26.6. The molecule has 1 aromatic carbocycles. The first-order valence-electron chi connectivity index (χ1n) is 16.7. The summed E-state index contributed by atoms with van der Waals surface area (Å²) >= 11 is 0. The summed E-state index contributed by atoms with van der Waals surface area (Å²) < 4.78 is 5.96. The summed E-state index contributed by atoms with van der Waals surface area (Å²) in [5.41, 5.74) is 5.46. The number of carbonyl (C=O) groups excluding carboxylic acids is 2. The topological polar surface area (TPSA) is 96.8 Å². The standard InChI is InChI=1S/C38H46N2O5/c1-37-19-17-29(45-36(44)12-6-11-34(41)40(25-35(42)43)24-26-8-4-3-5-9-26)22-28(37)13-14-30-32-16-15-31(27-10-7-21-39-23-27)38(32,2)20-18-33(30)37/h3-5,7-10,13,15,21,23,29-30,32-33H,6,11-12,14,16-20,22,24-25H2,1-2H3,(H,42,43)/t29-,30-,32?,33?,37-,38+/m0/s1. The molecule has 7 heteroatoms. The van der Waals surface area contributed by atoms with Crippen molar-refractivity contribution in [2.24, 2.45) is 28.6 Å². The summed E-state index contributed by atoms with van der Waals surface area (Å²) in [6, 6.07) is 13.6. The monoisotopic (exact) mass is 610 g/mol. The van der Waals surface area contributed by atoms with Crippen molar-refractivity contribution in [1.29, 1.82) is 0 Å². The largest absolute Gasteiger partial charge is 0.480 e. The smallest absolute Gasteiger partial charge is 0.323 e. The number of esters is 1. The van der Waals surface area contributed by atoms with Gasteiger partial charge in [-0.25, -0.2) is 0 Å². The Morgan fingerprint density at radius 3 is 2.51 bits per heavy atom. The predicted molar refractivity (Wildman–Crippen MR) is 173 cm³/mol. The molecule has 1 N–H and O–H groups in total. The quantitative estimate of drug-likeness (QED) is 0.225. The lowest BCUT2D eigenvalue weighted by Crippen LogP contribution is -2.50. The molecule has 0 radical (unpaired) electrons. The minimum Gasteiger partial charge on any atom is -0.480 e. The van der Waals surface area contributed by atoms with Crippen molar-refractivity contribution in [3.63, 3.8) is 0 Å². The molecule has 0 aliphatic heterocycles. The lowest BCUT2D eigenvalue weighted by atomic mass is 9.47. The van der Waals surface area contributed by atoms with Crippen LogP contribution in [0, 0.1) is 28.6 Å². The van der Waals surface area contributed by atoms with Gasteiger partial charge in [0.1, 0.15) is 12.6 Å². The molecule has 1 aromatic heterocycles. The third-order valence-corrected chi connectivity index (χ3v) is 11.6. The average Bonchev–Trinajstić information content (AvgIpc) is 3.39. The Morgan fingerprint density at radius 1 is 0.956 bits per heavy atom. The summed E-state index contributed by atoms with van der Waals surface area (Å²) in [6.45, 7) is 4.82. The van der Waals surface area contributed by atoms with Crippen molar-refractivity contribution in [1.82, 2.24) is 9.88 Å². The summed E-state index contributed by atoms with van der Waals surface area (Å²) in [5.74, 6) is 0.387. The first kappa shape index (κ1) is 31.3. The molecule has 2 fully saturated rings. The summed E-state index contributed by atoms with van der Waals surface area (Å²) in [5, 5.41) is 9.30. The van der Waals surface area contributed by atoms with Gasteiger partial charge in [0, 0.05) is 38.2 Å². The van der Waals surface area contributed by atoms with Gasteiger partial charge in [0.25, 0.3) is 0 Å². The van der Waals surface area contributed by atoms with E-state index >= 15 is 0 Å². The molecule has 2 aromatic rings. The van der Waals surface area contributed by atoms with Crippen LogP contribution in [0.1, 0.15) is 89.2 Å². The molecule has 4 aliphatic carbocycles. The van der Waals surface area contributed by atoms with E-state index in [0.717, 1.165) is 37.7 Å². The van der Waals surface area contributed by atoms with Crippen LogP contribution < -0.4 is 0 Å². The highest BCUT2D eigenvalue weighted by Crippen LogP contribution is 2.66. The molecule has 4 aliphatic rings. The average molecular weight is 611 g/mol. The van der Waals surface area contributed by atoms with Crippen LogP contribution in [-0.2, 0) is 25.7 Å². The van der Waals surface area contributed by atoms with Crippen LogP contribution in [0.3, 0.4) is 0 Å². The maximum absolute atomic E-state index is 12.8. The van der Waals surface area contributed by atoms with E-state index in [1.807, 2.05) is 48.8 Å². The molecule has 1 heterocycles. The van der Waals surface area contributed by atoms with E-state index in [1.165, 1.54) is 34.5 Å². The second-order valence-corrected chi connectivity index (χ2v) is 14.1. The van der Waals surface area contributed by atoms with Gasteiger partial charge in [0.2, 0.25) is 5.91 Å². The molecule has 2 saturated carbocycles. The number of carboxylic acid groups (broad SMARTS) is 1. The molecule has 1 amide bonds. The first-order valence-corrected chi connectivity index (χ1v) is 16.7. The highest BCUT2D eigenvalue weighted by molar-refractivity contribution is 5.81. The van der Waals surface area contributed by atoms with Crippen molar-refractivity contribution < 1.29 is 24.2 Å². The van der Waals surface area contributed by atoms with Crippen LogP contribution in [0.5, 0.6) is 0 Å². The Balaban J connectivity index is 1.01. The van der Waals surface area contributed by atoms with Crippen LogP contribution in [0.25, 0.3) is 5.57 Å². The molecule has 7 nitrogen and oxygen atoms in total. The summed E-state index contributed by atoms with van der Waals surface area (Å²) in [7, 11) is 0. The lowest BCUT2D eigenvalue weighted by molar-refractivity contribution is -0.152. The number of carboxylic acids is 1. The molecule has 45 heavy (non-hydrogen) atoms. The number of aliphatic carboxylic acids is 1. The second-order valence-electron chi connectivity index (χ2n) is 14.1. The van der Waals surface area contributed by atoms with E-state index in [-0.39, 0.29) is 54.7 Å². The van der Waals surface area contributed by atoms with E-state index in [2.05, 4.69) is 37.0 Å². The molecule has 0 saturated heterocycles. The SMILES string of the molecule is C[C@]12CC[C@H](OC(=O)CCCC(=O)N(CC(=O)O)Cc3ccccc3)CC1=CC[C@@H]1C2CC[C@]2(C)C(c3cccnc3)=CCC12. The fourth-order valence-electron chi connectivity index (χ4n) is 9.25. The van der Waals surface area contributed by atoms with Gasteiger partial charge in [0.05, 0.1) is 0 Å². The van der Waals surface area contributed by atoms with E-state index < -0.39 is 5.97 Å². The molecule has 6 rings (SSSR count). The number of aromatic nitrogens is 1. The van der Waals surface area contributed by atoms with Crippen LogP contribution in [0.15, 0.2) is 72.6 Å².